The summed E-state index contributed by atoms with van der Waals surface area (Å²) in [6.45, 7) is 2.37. The number of hydrogen-bond acceptors (Lipinski definition) is 5. The SMILES string of the molecule is Cc1cc(N)nc(SCCOc2ccc(Cl)cc2Cl)n1. The molecule has 0 atom stereocenters. The maximum absolute atomic E-state index is 6.01. The van der Waals surface area contributed by atoms with Crippen molar-refractivity contribution in [2.75, 3.05) is 18.1 Å². The lowest BCUT2D eigenvalue weighted by Gasteiger charge is -2.08. The molecule has 0 bridgehead atoms. The zero-order valence-electron chi connectivity index (χ0n) is 10.8. The largest absolute Gasteiger partial charge is 0.491 e. The highest BCUT2D eigenvalue weighted by Crippen LogP contribution is 2.27. The van der Waals surface area contributed by atoms with E-state index in [0.29, 0.717) is 39.1 Å². The lowest BCUT2D eigenvalue weighted by Crippen LogP contribution is -2.02. The van der Waals surface area contributed by atoms with E-state index < -0.39 is 0 Å². The van der Waals surface area contributed by atoms with Crippen molar-refractivity contribution in [2.45, 2.75) is 12.1 Å². The van der Waals surface area contributed by atoms with E-state index in [1.807, 2.05) is 6.92 Å². The highest BCUT2D eigenvalue weighted by molar-refractivity contribution is 7.99. The summed E-state index contributed by atoms with van der Waals surface area (Å²) < 4.78 is 5.58. The van der Waals surface area contributed by atoms with E-state index in [-0.39, 0.29) is 0 Å². The standard InChI is InChI=1S/C13H13Cl2N3OS/c1-8-6-12(16)18-13(17-8)20-5-4-19-11-3-2-9(14)7-10(11)15/h2-3,6-7H,4-5H2,1H3,(H2,16,17,18). The minimum atomic E-state index is 0.474. The van der Waals surface area contributed by atoms with E-state index in [2.05, 4.69) is 9.97 Å². The molecule has 4 nitrogen and oxygen atoms in total. The van der Waals surface area contributed by atoms with Crippen molar-refractivity contribution in [3.63, 3.8) is 0 Å². The Morgan fingerprint density at radius 1 is 1.25 bits per heavy atom. The number of halogens is 2. The number of hydrogen-bond donors (Lipinski definition) is 1. The predicted molar refractivity (Wildman–Crippen MR) is 83.9 cm³/mol. The molecule has 7 heteroatoms. The fraction of sp³-hybridized carbons (Fsp3) is 0.231. The Morgan fingerprint density at radius 3 is 2.75 bits per heavy atom. The topological polar surface area (TPSA) is 61.0 Å². The summed E-state index contributed by atoms with van der Waals surface area (Å²) in [5.74, 6) is 1.78. The summed E-state index contributed by atoms with van der Waals surface area (Å²) in [7, 11) is 0. The maximum atomic E-state index is 6.01. The van der Waals surface area contributed by atoms with E-state index in [9.17, 15) is 0 Å². The predicted octanol–water partition coefficient (Wildman–Crippen LogP) is 3.85. The third kappa shape index (κ3) is 4.44. The van der Waals surface area contributed by atoms with Gasteiger partial charge in [-0.25, -0.2) is 9.97 Å². The van der Waals surface area contributed by atoms with Crippen molar-refractivity contribution < 1.29 is 4.74 Å². The normalized spacial score (nSPS) is 10.6. The lowest BCUT2D eigenvalue weighted by atomic mass is 10.3. The number of anilines is 1. The number of ether oxygens (including phenoxy) is 1. The van der Waals surface area contributed by atoms with Gasteiger partial charge in [-0.3, -0.25) is 0 Å². The first-order valence-corrected chi connectivity index (χ1v) is 7.60. The number of nitrogens with zero attached hydrogens (tertiary/aromatic N) is 2. The highest BCUT2D eigenvalue weighted by atomic mass is 35.5. The van der Waals surface area contributed by atoms with E-state index >= 15 is 0 Å². The zero-order valence-corrected chi connectivity index (χ0v) is 13.1. The average molecular weight is 330 g/mol. The molecule has 1 aromatic heterocycles. The molecule has 1 aromatic carbocycles. The number of aromatic nitrogens is 2. The number of rotatable bonds is 5. The molecular weight excluding hydrogens is 317 g/mol. The first kappa shape index (κ1) is 15.2. The number of benzene rings is 1. The van der Waals surface area contributed by atoms with Crippen LogP contribution in [0.2, 0.25) is 10.0 Å². The van der Waals surface area contributed by atoms with Gasteiger partial charge in [0.05, 0.1) is 11.6 Å². The first-order chi connectivity index (χ1) is 9.54. The van der Waals surface area contributed by atoms with Crippen LogP contribution in [0, 0.1) is 6.92 Å². The molecule has 0 spiro atoms. The number of nitrogens with two attached hydrogens (primary N) is 1. The van der Waals surface area contributed by atoms with E-state index in [1.165, 1.54) is 11.8 Å². The monoisotopic (exact) mass is 329 g/mol. The van der Waals surface area contributed by atoms with Gasteiger partial charge in [0.1, 0.15) is 11.6 Å². The molecule has 0 unspecified atom stereocenters. The Balaban J connectivity index is 1.84. The molecule has 0 aliphatic carbocycles. The van der Waals surface area contributed by atoms with Crippen molar-refractivity contribution in [3.05, 3.63) is 40.0 Å². The minimum Gasteiger partial charge on any atom is -0.491 e. The molecule has 106 valence electrons. The van der Waals surface area contributed by atoms with Crippen molar-refractivity contribution >= 4 is 40.8 Å². The van der Waals surface area contributed by atoms with Crippen LogP contribution >= 0.6 is 35.0 Å². The van der Waals surface area contributed by atoms with Gasteiger partial charge in [0.25, 0.3) is 0 Å². The van der Waals surface area contributed by atoms with Gasteiger partial charge in [0.15, 0.2) is 5.16 Å². The van der Waals surface area contributed by atoms with Crippen molar-refractivity contribution in [1.29, 1.82) is 0 Å². The van der Waals surface area contributed by atoms with Gasteiger partial charge in [-0.1, -0.05) is 35.0 Å². The van der Waals surface area contributed by atoms with Gasteiger partial charge in [0.2, 0.25) is 0 Å². The molecule has 0 aliphatic rings. The summed E-state index contributed by atoms with van der Waals surface area (Å²) >= 11 is 13.3. The van der Waals surface area contributed by atoms with Crippen LogP contribution in [0.3, 0.4) is 0 Å². The second-order valence-electron chi connectivity index (χ2n) is 3.99. The molecule has 0 saturated carbocycles. The molecule has 2 N–H and O–H groups in total. The summed E-state index contributed by atoms with van der Waals surface area (Å²) in [5.41, 5.74) is 6.51. The van der Waals surface area contributed by atoms with Crippen molar-refractivity contribution in [1.82, 2.24) is 9.97 Å². The van der Waals surface area contributed by atoms with Gasteiger partial charge >= 0.3 is 0 Å². The van der Waals surface area contributed by atoms with Gasteiger partial charge < -0.3 is 10.5 Å². The van der Waals surface area contributed by atoms with Crippen LogP contribution < -0.4 is 10.5 Å². The van der Waals surface area contributed by atoms with Gasteiger partial charge in [-0.2, -0.15) is 0 Å². The third-order valence-corrected chi connectivity index (χ3v) is 3.66. The third-order valence-electron chi connectivity index (χ3n) is 2.32. The van der Waals surface area contributed by atoms with Crippen LogP contribution in [0.5, 0.6) is 5.75 Å². The van der Waals surface area contributed by atoms with Gasteiger partial charge in [-0.05, 0) is 25.1 Å². The quantitative estimate of drug-likeness (QED) is 0.513. The summed E-state index contributed by atoms with van der Waals surface area (Å²) in [4.78, 5) is 8.42. The molecule has 0 saturated heterocycles. The molecule has 2 aromatic rings. The zero-order chi connectivity index (χ0) is 14.5. The lowest BCUT2D eigenvalue weighted by molar-refractivity contribution is 0.344. The van der Waals surface area contributed by atoms with E-state index in [4.69, 9.17) is 33.7 Å². The molecule has 2 rings (SSSR count). The molecule has 0 radical (unpaired) electrons. The Hall–Kier alpha value is -1.17. The van der Waals surface area contributed by atoms with Crippen LogP contribution in [0.15, 0.2) is 29.4 Å². The number of thioether (sulfide) groups is 1. The van der Waals surface area contributed by atoms with Gasteiger partial charge in [-0.15, -0.1) is 0 Å². The summed E-state index contributed by atoms with van der Waals surface area (Å²) in [5, 5.41) is 1.73. The summed E-state index contributed by atoms with van der Waals surface area (Å²) in [6, 6.07) is 6.86. The summed E-state index contributed by atoms with van der Waals surface area (Å²) in [6.07, 6.45) is 0. The second kappa shape index (κ2) is 7.02. The van der Waals surface area contributed by atoms with Crippen molar-refractivity contribution in [3.8, 4) is 5.75 Å². The first-order valence-electron chi connectivity index (χ1n) is 5.86. The molecule has 0 amide bonds. The number of aryl methyl sites for hydroxylation is 1. The van der Waals surface area contributed by atoms with Gasteiger partial charge in [0, 0.05) is 22.5 Å². The number of nitrogen functional groups attached to an aromatic ring is 1. The maximum Gasteiger partial charge on any atom is 0.189 e. The Morgan fingerprint density at radius 2 is 2.05 bits per heavy atom. The smallest absolute Gasteiger partial charge is 0.189 e. The fourth-order valence-electron chi connectivity index (χ4n) is 1.51. The fourth-order valence-corrected chi connectivity index (χ4v) is 2.70. The Kier molecular flexibility index (Phi) is 5.34. The average Bonchev–Trinajstić information content (AvgIpc) is 2.35. The van der Waals surface area contributed by atoms with Crippen LogP contribution in [0.25, 0.3) is 0 Å². The molecule has 20 heavy (non-hydrogen) atoms. The Bertz CT molecular complexity index is 590. The van der Waals surface area contributed by atoms with Crippen LogP contribution in [0.1, 0.15) is 5.69 Å². The molecule has 1 heterocycles. The molecule has 0 fully saturated rings. The van der Waals surface area contributed by atoms with Crippen LogP contribution in [-0.2, 0) is 0 Å². The molecule has 0 aliphatic heterocycles. The highest BCUT2D eigenvalue weighted by Gasteiger charge is 2.04. The van der Waals surface area contributed by atoms with Crippen LogP contribution in [-0.4, -0.2) is 22.3 Å². The van der Waals surface area contributed by atoms with E-state index in [1.54, 1.807) is 24.3 Å². The molecular formula is C13H13Cl2N3OS. The Labute approximate surface area is 131 Å². The van der Waals surface area contributed by atoms with E-state index in [0.717, 1.165) is 5.69 Å². The van der Waals surface area contributed by atoms with Crippen LogP contribution in [0.4, 0.5) is 5.82 Å². The van der Waals surface area contributed by atoms with Crippen molar-refractivity contribution in [2.24, 2.45) is 0 Å². The second-order valence-corrected chi connectivity index (χ2v) is 5.89. The minimum absolute atomic E-state index is 0.474.